The van der Waals surface area contributed by atoms with E-state index >= 15 is 0 Å². The third-order valence-electron chi connectivity index (χ3n) is 3.06. The maximum atomic E-state index is 13.1. The third kappa shape index (κ3) is 9.26. The summed E-state index contributed by atoms with van der Waals surface area (Å²) in [5.41, 5.74) is 0. The summed E-state index contributed by atoms with van der Waals surface area (Å²) < 4.78 is 114. The summed E-state index contributed by atoms with van der Waals surface area (Å²) in [6.45, 7) is -1.27. The Bertz CT molecular complexity index is 605. The van der Waals surface area contributed by atoms with E-state index in [1.807, 2.05) is 0 Å². The van der Waals surface area contributed by atoms with Gasteiger partial charge in [0.05, 0.1) is 26.1 Å². The van der Waals surface area contributed by atoms with Crippen molar-refractivity contribution in [1.29, 1.82) is 0 Å². The Kier molecular flexibility index (Phi) is 9.52. The van der Waals surface area contributed by atoms with Gasteiger partial charge in [-0.05, 0) is 0 Å². The van der Waals surface area contributed by atoms with Gasteiger partial charge >= 0.3 is 27.3 Å². The second-order valence-electron chi connectivity index (χ2n) is 5.45. The number of alkyl halides is 6. The fourth-order valence-corrected chi connectivity index (χ4v) is 1.93. The summed E-state index contributed by atoms with van der Waals surface area (Å²) in [5, 5.41) is -5.08. The quantitative estimate of drug-likeness (QED) is 0.287. The standard InChI is InChI=1S/C13H18F6O7S/c1-12(16,17)8(14)4-6-25-10(20)2-3-11(21)26-7-5-9(15)13(18,19)27(22,23)24/h8-9H,2-7H2,1H3,(H,22,23,24). The minimum atomic E-state index is -5.98. The molecule has 0 radical (unpaired) electrons. The molecule has 2 unspecified atom stereocenters. The van der Waals surface area contributed by atoms with Gasteiger partial charge in [0.2, 0.25) is 0 Å². The van der Waals surface area contributed by atoms with E-state index in [0.717, 1.165) is 0 Å². The highest BCUT2D eigenvalue weighted by Gasteiger charge is 2.52. The van der Waals surface area contributed by atoms with E-state index in [9.17, 15) is 44.3 Å². The van der Waals surface area contributed by atoms with Gasteiger partial charge in [0, 0.05) is 19.8 Å². The van der Waals surface area contributed by atoms with Gasteiger partial charge < -0.3 is 9.47 Å². The van der Waals surface area contributed by atoms with Crippen LogP contribution in [-0.2, 0) is 29.2 Å². The van der Waals surface area contributed by atoms with Crippen LogP contribution in [0, 0.1) is 0 Å². The van der Waals surface area contributed by atoms with Crippen LogP contribution in [0.1, 0.15) is 32.6 Å². The number of esters is 2. The summed E-state index contributed by atoms with van der Waals surface area (Å²) in [6, 6.07) is 0. The zero-order chi connectivity index (χ0) is 21.5. The van der Waals surface area contributed by atoms with Crippen molar-refractivity contribution in [2.24, 2.45) is 0 Å². The largest absolute Gasteiger partial charge is 0.466 e. The molecule has 0 spiro atoms. The Morgan fingerprint density at radius 1 is 0.926 bits per heavy atom. The van der Waals surface area contributed by atoms with Gasteiger partial charge in [-0.2, -0.15) is 17.2 Å². The Hall–Kier alpha value is -1.57. The van der Waals surface area contributed by atoms with Gasteiger partial charge in [-0.15, -0.1) is 0 Å². The molecule has 7 nitrogen and oxygen atoms in total. The third-order valence-corrected chi connectivity index (χ3v) is 4.00. The number of rotatable bonds is 12. The van der Waals surface area contributed by atoms with Gasteiger partial charge in [0.15, 0.2) is 12.3 Å². The van der Waals surface area contributed by atoms with E-state index in [-0.39, 0.29) is 0 Å². The molecule has 1 N–H and O–H groups in total. The van der Waals surface area contributed by atoms with Crippen molar-refractivity contribution in [1.82, 2.24) is 0 Å². The van der Waals surface area contributed by atoms with Crippen molar-refractivity contribution in [3.05, 3.63) is 0 Å². The molecule has 0 saturated heterocycles. The molecule has 0 heterocycles. The molecule has 0 aromatic rings. The summed E-state index contributed by atoms with van der Waals surface area (Å²) >= 11 is 0. The van der Waals surface area contributed by atoms with Crippen LogP contribution in [0.3, 0.4) is 0 Å². The lowest BCUT2D eigenvalue weighted by atomic mass is 10.2. The summed E-state index contributed by atoms with van der Waals surface area (Å²) in [4.78, 5) is 22.4. The number of halogens is 6. The molecular weight excluding hydrogens is 414 g/mol. The first-order valence-electron chi connectivity index (χ1n) is 7.41. The molecule has 0 aliphatic carbocycles. The van der Waals surface area contributed by atoms with Gasteiger partial charge in [0.25, 0.3) is 5.92 Å². The minimum Gasteiger partial charge on any atom is -0.466 e. The first-order chi connectivity index (χ1) is 12.1. The first kappa shape index (κ1) is 25.4. The number of ether oxygens (including phenoxy) is 2. The molecule has 0 bridgehead atoms. The predicted octanol–water partition coefficient (Wildman–Crippen LogP) is 2.45. The Morgan fingerprint density at radius 3 is 1.63 bits per heavy atom. The van der Waals surface area contributed by atoms with Crippen LogP contribution in [-0.4, -0.2) is 61.6 Å². The van der Waals surface area contributed by atoms with E-state index in [4.69, 9.17) is 4.55 Å². The van der Waals surface area contributed by atoms with Crippen molar-refractivity contribution in [3.63, 3.8) is 0 Å². The van der Waals surface area contributed by atoms with Crippen LogP contribution in [0.5, 0.6) is 0 Å². The summed E-state index contributed by atoms with van der Waals surface area (Å²) in [5.74, 6) is -5.78. The van der Waals surface area contributed by atoms with Crippen LogP contribution >= 0.6 is 0 Å². The number of hydrogen-bond acceptors (Lipinski definition) is 6. The highest BCUT2D eigenvalue weighted by molar-refractivity contribution is 7.86. The normalized spacial score (nSPS) is 15.1. The topological polar surface area (TPSA) is 107 Å². The second-order valence-corrected chi connectivity index (χ2v) is 6.94. The molecule has 14 heteroatoms. The summed E-state index contributed by atoms with van der Waals surface area (Å²) in [6.07, 6.45) is -9.10. The molecule has 0 fully saturated rings. The van der Waals surface area contributed by atoms with Crippen LogP contribution in [0.4, 0.5) is 26.3 Å². The minimum absolute atomic E-state index is 0.351. The summed E-state index contributed by atoms with van der Waals surface area (Å²) in [7, 11) is -5.98. The Balaban J connectivity index is 4.06. The number of hydrogen-bond donors (Lipinski definition) is 1. The van der Waals surface area contributed by atoms with Crippen molar-refractivity contribution < 1.29 is 58.4 Å². The molecule has 0 aromatic carbocycles. The molecule has 0 rings (SSSR count). The molecule has 0 amide bonds. The highest BCUT2D eigenvalue weighted by Crippen LogP contribution is 2.29. The molecular formula is C13H18F6O7S. The molecule has 0 aliphatic rings. The van der Waals surface area contributed by atoms with Crippen molar-refractivity contribution in [2.45, 2.75) is 56.1 Å². The van der Waals surface area contributed by atoms with Crippen molar-refractivity contribution in [3.8, 4) is 0 Å². The van der Waals surface area contributed by atoms with Crippen LogP contribution in [0.25, 0.3) is 0 Å². The maximum Gasteiger partial charge on any atom is 0.400 e. The van der Waals surface area contributed by atoms with Crippen LogP contribution in [0.2, 0.25) is 0 Å². The lowest BCUT2D eigenvalue weighted by Gasteiger charge is -2.17. The fraction of sp³-hybridized carbons (Fsp3) is 0.846. The lowest BCUT2D eigenvalue weighted by Crippen LogP contribution is -2.39. The predicted molar refractivity (Wildman–Crippen MR) is 77.3 cm³/mol. The smallest absolute Gasteiger partial charge is 0.400 e. The molecule has 0 aromatic heterocycles. The number of carbonyl (C=O) groups excluding carboxylic acids is 2. The van der Waals surface area contributed by atoms with Gasteiger partial charge in [-0.1, -0.05) is 0 Å². The second kappa shape index (κ2) is 10.1. The van der Waals surface area contributed by atoms with E-state index < -0.39 is 84.5 Å². The molecule has 160 valence electrons. The number of carbonyl (C=O) groups is 2. The van der Waals surface area contributed by atoms with Gasteiger partial charge in [-0.25, -0.2) is 17.6 Å². The van der Waals surface area contributed by atoms with Crippen molar-refractivity contribution in [2.75, 3.05) is 13.2 Å². The fourth-order valence-electron chi connectivity index (χ4n) is 1.48. The average molecular weight is 432 g/mol. The Labute approximate surface area is 150 Å². The molecule has 0 aliphatic heterocycles. The molecule has 0 saturated carbocycles. The Morgan fingerprint density at radius 2 is 1.30 bits per heavy atom. The first-order valence-corrected chi connectivity index (χ1v) is 8.85. The monoisotopic (exact) mass is 432 g/mol. The SMILES string of the molecule is CC(F)(F)C(F)CCOC(=O)CCC(=O)OCCC(F)C(F)(F)S(=O)(=O)O. The molecule has 2 atom stereocenters. The van der Waals surface area contributed by atoms with E-state index in [1.165, 1.54) is 0 Å². The van der Waals surface area contributed by atoms with Crippen molar-refractivity contribution >= 4 is 22.1 Å². The highest BCUT2D eigenvalue weighted by atomic mass is 32.2. The zero-order valence-corrected chi connectivity index (χ0v) is 14.8. The van der Waals surface area contributed by atoms with Gasteiger partial charge in [-0.3, -0.25) is 14.1 Å². The van der Waals surface area contributed by atoms with E-state index in [2.05, 4.69) is 9.47 Å². The lowest BCUT2D eigenvalue weighted by molar-refractivity contribution is -0.151. The van der Waals surface area contributed by atoms with Crippen LogP contribution in [0.15, 0.2) is 0 Å². The van der Waals surface area contributed by atoms with E-state index in [0.29, 0.717) is 6.92 Å². The maximum absolute atomic E-state index is 13.1. The average Bonchev–Trinajstić information content (AvgIpc) is 2.50. The van der Waals surface area contributed by atoms with Crippen LogP contribution < -0.4 is 0 Å². The van der Waals surface area contributed by atoms with Gasteiger partial charge in [0.1, 0.15) is 0 Å². The van der Waals surface area contributed by atoms with E-state index in [1.54, 1.807) is 0 Å². The zero-order valence-electron chi connectivity index (χ0n) is 14.0. The molecule has 27 heavy (non-hydrogen) atoms.